The first-order valence-electron chi connectivity index (χ1n) is 7.17. The standard InChI is InChI=1S/C17H16BrN3/c1-10-2-6-14(19)13(8-10)17-20-15-9-11(18)3-7-16(15)21(17)12-4-5-12/h2-3,6-9,12H,4-5,19H2,1H3. The molecule has 0 spiro atoms. The van der Waals surface area contributed by atoms with Crippen LogP contribution in [0.15, 0.2) is 40.9 Å². The van der Waals surface area contributed by atoms with E-state index in [1.165, 1.54) is 23.9 Å². The third kappa shape index (κ3) is 2.14. The minimum Gasteiger partial charge on any atom is -0.398 e. The van der Waals surface area contributed by atoms with Crippen LogP contribution in [0, 0.1) is 6.92 Å². The van der Waals surface area contributed by atoms with Gasteiger partial charge < -0.3 is 10.3 Å². The summed E-state index contributed by atoms with van der Waals surface area (Å²) in [5, 5.41) is 0. The molecule has 3 aromatic rings. The molecule has 2 N–H and O–H groups in total. The highest BCUT2D eigenvalue weighted by atomic mass is 79.9. The SMILES string of the molecule is Cc1ccc(N)c(-c2nc3cc(Br)ccc3n2C2CC2)c1. The van der Waals surface area contributed by atoms with Gasteiger partial charge in [-0.1, -0.05) is 27.6 Å². The third-order valence-electron chi connectivity index (χ3n) is 4.01. The molecule has 1 fully saturated rings. The van der Waals surface area contributed by atoms with Crippen molar-refractivity contribution in [3.05, 3.63) is 46.4 Å². The van der Waals surface area contributed by atoms with Gasteiger partial charge >= 0.3 is 0 Å². The van der Waals surface area contributed by atoms with Gasteiger partial charge in [0.15, 0.2) is 0 Å². The van der Waals surface area contributed by atoms with Crippen LogP contribution in [0.3, 0.4) is 0 Å². The van der Waals surface area contributed by atoms with Crippen molar-refractivity contribution in [2.75, 3.05) is 5.73 Å². The van der Waals surface area contributed by atoms with Crippen molar-refractivity contribution < 1.29 is 0 Å². The fourth-order valence-electron chi connectivity index (χ4n) is 2.83. The number of aromatic nitrogens is 2. The number of aryl methyl sites for hydroxylation is 1. The topological polar surface area (TPSA) is 43.8 Å². The maximum absolute atomic E-state index is 6.20. The molecule has 1 aliphatic rings. The molecule has 1 aliphatic carbocycles. The molecule has 3 nitrogen and oxygen atoms in total. The van der Waals surface area contributed by atoms with E-state index in [9.17, 15) is 0 Å². The van der Waals surface area contributed by atoms with Crippen LogP contribution >= 0.6 is 15.9 Å². The molecular weight excluding hydrogens is 326 g/mol. The van der Waals surface area contributed by atoms with E-state index in [0.717, 1.165) is 27.1 Å². The molecule has 0 unspecified atom stereocenters. The van der Waals surface area contributed by atoms with Gasteiger partial charge in [-0.2, -0.15) is 0 Å². The number of rotatable bonds is 2. The lowest BCUT2D eigenvalue weighted by atomic mass is 10.1. The van der Waals surface area contributed by atoms with Crippen LogP contribution in [0.2, 0.25) is 0 Å². The second-order valence-electron chi connectivity index (χ2n) is 5.76. The summed E-state index contributed by atoms with van der Waals surface area (Å²) < 4.78 is 3.41. The first kappa shape index (κ1) is 12.9. The summed E-state index contributed by atoms with van der Waals surface area (Å²) in [6.45, 7) is 2.09. The summed E-state index contributed by atoms with van der Waals surface area (Å²) in [5.41, 5.74) is 11.4. The molecule has 1 heterocycles. The lowest BCUT2D eigenvalue weighted by Crippen LogP contribution is -2.00. The summed E-state index contributed by atoms with van der Waals surface area (Å²) in [4.78, 5) is 4.86. The Labute approximate surface area is 131 Å². The molecule has 0 radical (unpaired) electrons. The van der Waals surface area contributed by atoms with Crippen molar-refractivity contribution in [3.8, 4) is 11.4 Å². The van der Waals surface area contributed by atoms with Crippen LogP contribution in [-0.4, -0.2) is 9.55 Å². The van der Waals surface area contributed by atoms with Gasteiger partial charge in [0, 0.05) is 21.8 Å². The van der Waals surface area contributed by atoms with Gasteiger partial charge in [0.05, 0.1) is 11.0 Å². The van der Waals surface area contributed by atoms with Crippen LogP contribution in [0.1, 0.15) is 24.4 Å². The van der Waals surface area contributed by atoms with E-state index >= 15 is 0 Å². The maximum Gasteiger partial charge on any atom is 0.143 e. The number of nitrogens with zero attached hydrogens (tertiary/aromatic N) is 2. The molecule has 0 saturated heterocycles. The second kappa shape index (κ2) is 4.60. The predicted molar refractivity (Wildman–Crippen MR) is 90.3 cm³/mol. The van der Waals surface area contributed by atoms with Crippen molar-refractivity contribution in [2.45, 2.75) is 25.8 Å². The summed E-state index contributed by atoms with van der Waals surface area (Å²) in [6, 6.07) is 13.0. The van der Waals surface area contributed by atoms with Gasteiger partial charge in [-0.15, -0.1) is 0 Å². The molecule has 0 amide bonds. The predicted octanol–water partition coefficient (Wildman–Crippen LogP) is 4.69. The molecule has 106 valence electrons. The van der Waals surface area contributed by atoms with E-state index in [1.807, 2.05) is 12.1 Å². The van der Waals surface area contributed by atoms with Crippen LogP contribution in [-0.2, 0) is 0 Å². The van der Waals surface area contributed by atoms with Crippen molar-refractivity contribution in [1.29, 1.82) is 0 Å². The quantitative estimate of drug-likeness (QED) is 0.687. The molecular formula is C17H16BrN3. The maximum atomic E-state index is 6.20. The zero-order valence-electron chi connectivity index (χ0n) is 11.8. The Morgan fingerprint density at radius 1 is 1.19 bits per heavy atom. The molecule has 1 aromatic heterocycles. The fourth-order valence-corrected chi connectivity index (χ4v) is 3.18. The van der Waals surface area contributed by atoms with E-state index in [2.05, 4.69) is 51.7 Å². The summed E-state index contributed by atoms with van der Waals surface area (Å²) >= 11 is 3.53. The number of hydrogen-bond donors (Lipinski definition) is 1. The number of fused-ring (bicyclic) bond motifs is 1. The Kier molecular flexibility index (Phi) is 2.82. The van der Waals surface area contributed by atoms with Gasteiger partial charge in [-0.25, -0.2) is 4.98 Å². The van der Waals surface area contributed by atoms with Crippen LogP contribution in [0.25, 0.3) is 22.4 Å². The number of imidazole rings is 1. The highest BCUT2D eigenvalue weighted by Gasteiger charge is 2.29. The monoisotopic (exact) mass is 341 g/mol. The molecule has 1 saturated carbocycles. The molecule has 21 heavy (non-hydrogen) atoms. The second-order valence-corrected chi connectivity index (χ2v) is 6.68. The Hall–Kier alpha value is -1.81. The van der Waals surface area contributed by atoms with E-state index < -0.39 is 0 Å². The number of nitrogens with two attached hydrogens (primary N) is 1. The molecule has 0 aliphatic heterocycles. The zero-order valence-corrected chi connectivity index (χ0v) is 13.4. The minimum absolute atomic E-state index is 0.561. The van der Waals surface area contributed by atoms with Gasteiger partial charge in [0.25, 0.3) is 0 Å². The normalized spacial score (nSPS) is 14.8. The van der Waals surface area contributed by atoms with E-state index in [-0.39, 0.29) is 0 Å². The number of anilines is 1. The number of halogens is 1. The van der Waals surface area contributed by atoms with Crippen LogP contribution in [0.4, 0.5) is 5.69 Å². The Morgan fingerprint density at radius 3 is 2.76 bits per heavy atom. The summed E-state index contributed by atoms with van der Waals surface area (Å²) in [5.74, 6) is 0.992. The Balaban J connectivity index is 2.03. The lowest BCUT2D eigenvalue weighted by molar-refractivity contribution is 0.775. The van der Waals surface area contributed by atoms with Gasteiger partial charge in [0.2, 0.25) is 0 Å². The van der Waals surface area contributed by atoms with Crippen molar-refractivity contribution in [3.63, 3.8) is 0 Å². The molecule has 4 rings (SSSR count). The number of benzene rings is 2. The van der Waals surface area contributed by atoms with Crippen LogP contribution < -0.4 is 5.73 Å². The average molecular weight is 342 g/mol. The minimum atomic E-state index is 0.561. The highest BCUT2D eigenvalue weighted by Crippen LogP contribution is 2.42. The van der Waals surface area contributed by atoms with E-state index in [1.54, 1.807) is 0 Å². The molecule has 2 aromatic carbocycles. The average Bonchev–Trinajstić information content (AvgIpc) is 3.22. The Morgan fingerprint density at radius 2 is 2.00 bits per heavy atom. The van der Waals surface area contributed by atoms with E-state index in [4.69, 9.17) is 10.7 Å². The zero-order chi connectivity index (χ0) is 14.6. The van der Waals surface area contributed by atoms with Crippen LogP contribution in [0.5, 0.6) is 0 Å². The molecule has 0 atom stereocenters. The smallest absolute Gasteiger partial charge is 0.143 e. The van der Waals surface area contributed by atoms with Crippen molar-refractivity contribution in [2.24, 2.45) is 0 Å². The fraction of sp³-hybridized carbons (Fsp3) is 0.235. The summed E-state index contributed by atoms with van der Waals surface area (Å²) in [6.07, 6.45) is 2.44. The van der Waals surface area contributed by atoms with Crippen molar-refractivity contribution in [1.82, 2.24) is 9.55 Å². The van der Waals surface area contributed by atoms with Gasteiger partial charge in [0.1, 0.15) is 5.82 Å². The lowest BCUT2D eigenvalue weighted by Gasteiger charge is -2.10. The molecule has 0 bridgehead atoms. The number of hydrogen-bond acceptors (Lipinski definition) is 2. The number of nitrogen functional groups attached to an aromatic ring is 1. The largest absolute Gasteiger partial charge is 0.398 e. The van der Waals surface area contributed by atoms with Gasteiger partial charge in [-0.3, -0.25) is 0 Å². The molecule has 4 heteroatoms. The highest BCUT2D eigenvalue weighted by molar-refractivity contribution is 9.10. The third-order valence-corrected chi connectivity index (χ3v) is 4.51. The Bertz CT molecular complexity index is 847. The van der Waals surface area contributed by atoms with E-state index in [0.29, 0.717) is 6.04 Å². The van der Waals surface area contributed by atoms with Gasteiger partial charge in [-0.05, 0) is 50.1 Å². The van der Waals surface area contributed by atoms with Crippen molar-refractivity contribution >= 4 is 32.7 Å². The first-order chi connectivity index (χ1) is 10.1. The summed E-state index contributed by atoms with van der Waals surface area (Å²) in [7, 11) is 0. The first-order valence-corrected chi connectivity index (χ1v) is 7.97.